The van der Waals surface area contributed by atoms with Crippen LogP contribution >= 0.6 is 0 Å². The van der Waals surface area contributed by atoms with E-state index in [0.717, 1.165) is 25.7 Å². The highest BCUT2D eigenvalue weighted by Crippen LogP contribution is 2.46. The van der Waals surface area contributed by atoms with Crippen LogP contribution in [0.4, 0.5) is 0 Å². The highest BCUT2D eigenvalue weighted by molar-refractivity contribution is 5.32. The van der Waals surface area contributed by atoms with Crippen molar-refractivity contribution >= 4 is 0 Å². The largest absolute Gasteiger partial charge is 0.495 e. The van der Waals surface area contributed by atoms with Crippen molar-refractivity contribution in [2.24, 2.45) is 5.41 Å². The van der Waals surface area contributed by atoms with E-state index < -0.39 is 5.60 Å². The van der Waals surface area contributed by atoms with E-state index >= 15 is 0 Å². The van der Waals surface area contributed by atoms with Crippen molar-refractivity contribution in [3.8, 4) is 5.75 Å². The van der Waals surface area contributed by atoms with Crippen LogP contribution in [-0.4, -0.2) is 17.2 Å². The van der Waals surface area contributed by atoms with Crippen LogP contribution in [0, 0.1) is 5.41 Å². The molecular weight excluding hydrogens is 214 g/mol. The summed E-state index contributed by atoms with van der Waals surface area (Å²) in [6.07, 6.45) is 5.27. The van der Waals surface area contributed by atoms with E-state index in [4.69, 9.17) is 4.74 Å². The SMILES string of the molecule is COc1cccnc1C1(O)CCC(C)(C)CC1. The summed E-state index contributed by atoms with van der Waals surface area (Å²) in [5, 5.41) is 10.7. The number of pyridine rings is 1. The number of hydrogen-bond acceptors (Lipinski definition) is 3. The van der Waals surface area contributed by atoms with E-state index in [1.54, 1.807) is 13.3 Å². The van der Waals surface area contributed by atoms with E-state index in [-0.39, 0.29) is 0 Å². The van der Waals surface area contributed by atoms with E-state index in [0.29, 0.717) is 16.9 Å². The quantitative estimate of drug-likeness (QED) is 0.857. The molecular formula is C14H21NO2. The Kier molecular flexibility index (Phi) is 3.13. The molecule has 1 fully saturated rings. The molecule has 3 nitrogen and oxygen atoms in total. The summed E-state index contributed by atoms with van der Waals surface area (Å²) in [5.74, 6) is 0.690. The van der Waals surface area contributed by atoms with Gasteiger partial charge in [-0.05, 0) is 43.2 Å². The number of methoxy groups -OCH3 is 1. The molecule has 0 aromatic carbocycles. The van der Waals surface area contributed by atoms with Gasteiger partial charge in [-0.25, -0.2) is 0 Å². The minimum absolute atomic E-state index is 0.328. The number of nitrogens with zero attached hydrogens (tertiary/aromatic N) is 1. The van der Waals surface area contributed by atoms with Crippen molar-refractivity contribution in [1.82, 2.24) is 4.98 Å². The van der Waals surface area contributed by atoms with Crippen LogP contribution in [0.1, 0.15) is 45.2 Å². The molecule has 0 saturated heterocycles. The number of rotatable bonds is 2. The highest BCUT2D eigenvalue weighted by atomic mass is 16.5. The second-order valence-corrected chi connectivity index (χ2v) is 5.75. The fourth-order valence-electron chi connectivity index (χ4n) is 2.48. The van der Waals surface area contributed by atoms with Gasteiger partial charge in [0.2, 0.25) is 0 Å². The van der Waals surface area contributed by atoms with Crippen molar-refractivity contribution in [2.75, 3.05) is 7.11 Å². The number of aliphatic hydroxyl groups is 1. The van der Waals surface area contributed by atoms with Gasteiger partial charge >= 0.3 is 0 Å². The molecule has 1 N–H and O–H groups in total. The lowest BCUT2D eigenvalue weighted by atomic mass is 9.70. The Labute approximate surface area is 103 Å². The van der Waals surface area contributed by atoms with Crippen LogP contribution in [0.5, 0.6) is 5.75 Å². The van der Waals surface area contributed by atoms with Gasteiger partial charge in [-0.3, -0.25) is 4.98 Å². The molecule has 0 unspecified atom stereocenters. The Morgan fingerprint density at radius 2 is 1.88 bits per heavy atom. The lowest BCUT2D eigenvalue weighted by Crippen LogP contribution is -2.35. The number of aromatic nitrogens is 1. The molecule has 0 radical (unpaired) electrons. The van der Waals surface area contributed by atoms with Crippen molar-refractivity contribution in [2.45, 2.75) is 45.1 Å². The van der Waals surface area contributed by atoms with Gasteiger partial charge in [-0.1, -0.05) is 13.8 Å². The van der Waals surface area contributed by atoms with Crippen molar-refractivity contribution in [3.05, 3.63) is 24.0 Å². The fourth-order valence-corrected chi connectivity index (χ4v) is 2.48. The molecule has 1 aliphatic carbocycles. The summed E-state index contributed by atoms with van der Waals surface area (Å²) >= 11 is 0. The molecule has 3 heteroatoms. The molecule has 0 amide bonds. The monoisotopic (exact) mass is 235 g/mol. The lowest BCUT2D eigenvalue weighted by molar-refractivity contribution is -0.0356. The first-order chi connectivity index (χ1) is 7.97. The molecule has 1 heterocycles. The summed E-state index contributed by atoms with van der Waals surface area (Å²) in [5.41, 5.74) is 0.203. The van der Waals surface area contributed by atoms with Crippen LogP contribution in [0.15, 0.2) is 18.3 Å². The predicted octanol–water partition coefficient (Wildman–Crippen LogP) is 2.88. The molecule has 1 aliphatic rings. The van der Waals surface area contributed by atoms with Crippen LogP contribution in [0.2, 0.25) is 0 Å². The van der Waals surface area contributed by atoms with Crippen LogP contribution < -0.4 is 4.74 Å². The second-order valence-electron chi connectivity index (χ2n) is 5.75. The maximum Gasteiger partial charge on any atom is 0.143 e. The van der Waals surface area contributed by atoms with Crippen molar-refractivity contribution in [1.29, 1.82) is 0 Å². The summed E-state index contributed by atoms with van der Waals surface area (Å²) in [7, 11) is 1.62. The predicted molar refractivity (Wildman–Crippen MR) is 66.9 cm³/mol. The average Bonchev–Trinajstić information content (AvgIpc) is 2.33. The Hall–Kier alpha value is -1.09. The molecule has 1 saturated carbocycles. The first-order valence-electron chi connectivity index (χ1n) is 6.19. The summed E-state index contributed by atoms with van der Waals surface area (Å²) in [4.78, 5) is 4.32. The van der Waals surface area contributed by atoms with Gasteiger partial charge in [0, 0.05) is 6.20 Å². The molecule has 17 heavy (non-hydrogen) atoms. The Morgan fingerprint density at radius 3 is 2.47 bits per heavy atom. The molecule has 2 rings (SSSR count). The molecule has 0 spiro atoms. The first kappa shape index (κ1) is 12.4. The molecule has 0 atom stereocenters. The Balaban J connectivity index is 2.27. The minimum atomic E-state index is -0.817. The highest BCUT2D eigenvalue weighted by Gasteiger charge is 2.40. The Morgan fingerprint density at radius 1 is 1.24 bits per heavy atom. The topological polar surface area (TPSA) is 42.4 Å². The Bertz CT molecular complexity index is 391. The number of hydrogen-bond donors (Lipinski definition) is 1. The van der Waals surface area contributed by atoms with Gasteiger partial charge < -0.3 is 9.84 Å². The van der Waals surface area contributed by atoms with E-state index in [2.05, 4.69) is 18.8 Å². The summed E-state index contributed by atoms with van der Waals surface area (Å²) in [6, 6.07) is 3.69. The third-order valence-corrected chi connectivity index (χ3v) is 3.86. The number of ether oxygens (including phenoxy) is 1. The van der Waals surface area contributed by atoms with Gasteiger partial charge in [0.15, 0.2) is 0 Å². The first-order valence-corrected chi connectivity index (χ1v) is 6.19. The zero-order chi connectivity index (χ0) is 12.5. The van der Waals surface area contributed by atoms with Gasteiger partial charge in [0.1, 0.15) is 17.0 Å². The zero-order valence-corrected chi connectivity index (χ0v) is 10.9. The van der Waals surface area contributed by atoms with Crippen LogP contribution in [0.3, 0.4) is 0 Å². The molecule has 0 aliphatic heterocycles. The smallest absolute Gasteiger partial charge is 0.143 e. The van der Waals surface area contributed by atoms with Gasteiger partial charge in [0.25, 0.3) is 0 Å². The molecule has 1 aromatic heterocycles. The van der Waals surface area contributed by atoms with Crippen LogP contribution in [-0.2, 0) is 5.60 Å². The average molecular weight is 235 g/mol. The molecule has 94 valence electrons. The second kappa shape index (κ2) is 4.30. The third kappa shape index (κ3) is 2.44. The zero-order valence-electron chi connectivity index (χ0n) is 10.9. The summed E-state index contributed by atoms with van der Waals surface area (Å²) < 4.78 is 5.29. The molecule has 0 bridgehead atoms. The lowest BCUT2D eigenvalue weighted by Gasteiger charge is -2.40. The third-order valence-electron chi connectivity index (χ3n) is 3.86. The normalized spacial score (nSPS) is 22.1. The van der Waals surface area contributed by atoms with E-state index in [1.165, 1.54) is 0 Å². The minimum Gasteiger partial charge on any atom is -0.495 e. The van der Waals surface area contributed by atoms with Gasteiger partial charge in [-0.15, -0.1) is 0 Å². The van der Waals surface area contributed by atoms with E-state index in [9.17, 15) is 5.11 Å². The maximum atomic E-state index is 10.7. The standard InChI is InChI=1S/C14H21NO2/c1-13(2)6-8-14(16,9-7-13)12-11(17-3)5-4-10-15-12/h4-5,10,16H,6-9H2,1-3H3. The molecule has 1 aromatic rings. The fraction of sp³-hybridized carbons (Fsp3) is 0.643. The van der Waals surface area contributed by atoms with Gasteiger partial charge in [0.05, 0.1) is 7.11 Å². The van der Waals surface area contributed by atoms with Crippen molar-refractivity contribution in [3.63, 3.8) is 0 Å². The van der Waals surface area contributed by atoms with E-state index in [1.807, 2.05) is 12.1 Å². The van der Waals surface area contributed by atoms with Crippen LogP contribution in [0.25, 0.3) is 0 Å². The van der Waals surface area contributed by atoms with Gasteiger partial charge in [-0.2, -0.15) is 0 Å². The maximum absolute atomic E-state index is 10.7. The summed E-state index contributed by atoms with van der Waals surface area (Å²) in [6.45, 7) is 4.50. The van der Waals surface area contributed by atoms with Crippen molar-refractivity contribution < 1.29 is 9.84 Å².